The largest absolute Gasteiger partial charge is 0.481 e. The van der Waals surface area contributed by atoms with E-state index in [1.807, 2.05) is 0 Å². The minimum Gasteiger partial charge on any atom is -0.481 e. The van der Waals surface area contributed by atoms with Crippen molar-refractivity contribution >= 4 is 23.7 Å². The number of nitrogens with one attached hydrogen (secondary N) is 1. The molecule has 2 aliphatic heterocycles. The third-order valence-corrected chi connectivity index (χ3v) is 4.22. The summed E-state index contributed by atoms with van der Waals surface area (Å²) in [6, 6.07) is 4.53. The average molecular weight is 340 g/mol. The number of carbonyl (C=O) groups is 4. The van der Waals surface area contributed by atoms with Gasteiger partial charge in [-0.1, -0.05) is 11.8 Å². The van der Waals surface area contributed by atoms with E-state index in [1.54, 1.807) is 18.2 Å². The fourth-order valence-corrected chi connectivity index (χ4v) is 2.99. The summed E-state index contributed by atoms with van der Waals surface area (Å²) < 4.78 is 0. The predicted octanol–water partition coefficient (Wildman–Crippen LogP) is 0.664. The van der Waals surface area contributed by atoms with Gasteiger partial charge in [0.25, 0.3) is 5.91 Å². The molecule has 2 aliphatic rings. The van der Waals surface area contributed by atoms with Crippen LogP contribution in [0.15, 0.2) is 18.2 Å². The molecule has 25 heavy (non-hydrogen) atoms. The fraction of sp³-hybridized carbons (Fsp3) is 0.333. The average Bonchev–Trinajstić information content (AvgIpc) is 2.88. The van der Waals surface area contributed by atoms with Gasteiger partial charge in [0.15, 0.2) is 0 Å². The summed E-state index contributed by atoms with van der Waals surface area (Å²) in [7, 11) is 0. The van der Waals surface area contributed by atoms with Gasteiger partial charge >= 0.3 is 5.97 Å². The van der Waals surface area contributed by atoms with Gasteiger partial charge in [-0.15, -0.1) is 0 Å². The number of piperidine rings is 1. The molecule has 0 radical (unpaired) electrons. The molecule has 2 N–H and O–H groups in total. The van der Waals surface area contributed by atoms with Crippen LogP contribution in [0.2, 0.25) is 0 Å². The van der Waals surface area contributed by atoms with Crippen LogP contribution < -0.4 is 5.32 Å². The second-order valence-corrected chi connectivity index (χ2v) is 5.97. The highest BCUT2D eigenvalue weighted by molar-refractivity contribution is 6.05. The first-order valence-electron chi connectivity index (χ1n) is 7.94. The number of carboxylic acid groups (broad SMARTS) is 1. The van der Waals surface area contributed by atoms with Crippen LogP contribution in [0.5, 0.6) is 0 Å². The Kier molecular flexibility index (Phi) is 4.52. The fourth-order valence-electron chi connectivity index (χ4n) is 2.99. The lowest BCUT2D eigenvalue weighted by atomic mass is 10.0. The van der Waals surface area contributed by atoms with Crippen LogP contribution in [-0.2, 0) is 20.9 Å². The lowest BCUT2D eigenvalue weighted by Crippen LogP contribution is -2.52. The number of aliphatic carboxylic acids is 1. The molecule has 7 heteroatoms. The maximum Gasteiger partial charge on any atom is 0.304 e. The number of nitrogens with zero attached hydrogens (tertiary/aromatic N) is 1. The van der Waals surface area contributed by atoms with Crippen LogP contribution in [0.1, 0.15) is 47.2 Å². The van der Waals surface area contributed by atoms with Gasteiger partial charge in [0.2, 0.25) is 11.8 Å². The zero-order valence-corrected chi connectivity index (χ0v) is 13.4. The molecule has 1 atom stereocenters. The summed E-state index contributed by atoms with van der Waals surface area (Å²) in [6.07, 6.45) is 0.788. The smallest absolute Gasteiger partial charge is 0.304 e. The Bertz CT molecular complexity index is 834. The van der Waals surface area contributed by atoms with Crippen LogP contribution in [0.25, 0.3) is 0 Å². The van der Waals surface area contributed by atoms with Gasteiger partial charge in [-0.3, -0.25) is 24.5 Å². The van der Waals surface area contributed by atoms with Crippen LogP contribution >= 0.6 is 0 Å². The maximum atomic E-state index is 12.5. The number of fused-ring (bicyclic) bond motifs is 1. The molecule has 2 heterocycles. The highest BCUT2D eigenvalue weighted by atomic mass is 16.4. The molecular weight excluding hydrogens is 324 g/mol. The maximum absolute atomic E-state index is 12.5. The Balaban J connectivity index is 1.74. The second kappa shape index (κ2) is 6.77. The number of benzene rings is 1. The number of imide groups is 1. The van der Waals surface area contributed by atoms with E-state index in [4.69, 9.17) is 5.11 Å². The summed E-state index contributed by atoms with van der Waals surface area (Å²) in [5.74, 6) is 3.80. The van der Waals surface area contributed by atoms with E-state index in [0.29, 0.717) is 24.1 Å². The number of rotatable bonds is 3. The van der Waals surface area contributed by atoms with Crippen molar-refractivity contribution in [3.05, 3.63) is 34.9 Å². The van der Waals surface area contributed by atoms with Crippen molar-refractivity contribution in [1.82, 2.24) is 10.2 Å². The summed E-state index contributed by atoms with van der Waals surface area (Å²) >= 11 is 0. The van der Waals surface area contributed by atoms with Gasteiger partial charge in [0.05, 0.1) is 6.42 Å². The first kappa shape index (κ1) is 16.7. The van der Waals surface area contributed by atoms with E-state index < -0.39 is 17.9 Å². The quantitative estimate of drug-likeness (QED) is 0.621. The van der Waals surface area contributed by atoms with E-state index in [-0.39, 0.29) is 31.1 Å². The van der Waals surface area contributed by atoms with E-state index >= 15 is 0 Å². The number of hydrogen-bond acceptors (Lipinski definition) is 4. The van der Waals surface area contributed by atoms with Crippen molar-refractivity contribution in [2.24, 2.45) is 0 Å². The second-order valence-electron chi connectivity index (χ2n) is 5.97. The zero-order valence-electron chi connectivity index (χ0n) is 13.4. The van der Waals surface area contributed by atoms with E-state index in [2.05, 4.69) is 17.2 Å². The van der Waals surface area contributed by atoms with Crippen LogP contribution in [-0.4, -0.2) is 39.7 Å². The SMILES string of the molecule is O=C(O)CCC#Cc1ccc2c(c1)CN(C1CCC(=O)NC1=O)C2=O. The van der Waals surface area contributed by atoms with Crippen molar-refractivity contribution in [2.45, 2.75) is 38.3 Å². The van der Waals surface area contributed by atoms with Gasteiger partial charge in [-0.25, -0.2) is 0 Å². The molecule has 1 unspecified atom stereocenters. The molecular formula is C18H16N2O5. The molecule has 1 aromatic rings. The minimum atomic E-state index is -0.895. The molecule has 1 aromatic carbocycles. The number of hydrogen-bond donors (Lipinski definition) is 2. The highest BCUT2D eigenvalue weighted by Gasteiger charge is 2.38. The Morgan fingerprint density at radius 3 is 2.84 bits per heavy atom. The van der Waals surface area contributed by atoms with E-state index in [0.717, 1.165) is 5.56 Å². The summed E-state index contributed by atoms with van der Waals surface area (Å²) in [5.41, 5.74) is 2.00. The molecule has 0 saturated carbocycles. The zero-order chi connectivity index (χ0) is 18.0. The Hall–Kier alpha value is -3.14. The highest BCUT2D eigenvalue weighted by Crippen LogP contribution is 2.28. The monoisotopic (exact) mass is 340 g/mol. The standard InChI is InChI=1S/C18H16N2O5/c21-15-8-7-14(17(24)19-15)20-10-12-9-11(3-1-2-4-16(22)23)5-6-13(12)18(20)25/h5-6,9,14H,2,4,7-8,10H2,(H,22,23)(H,19,21,24). The van der Waals surface area contributed by atoms with Gasteiger partial charge in [-0.05, 0) is 30.2 Å². The molecule has 1 saturated heterocycles. The molecule has 3 rings (SSSR count). The molecule has 1 fully saturated rings. The first-order chi connectivity index (χ1) is 12.0. The number of amides is 3. The summed E-state index contributed by atoms with van der Waals surface area (Å²) in [4.78, 5) is 47.7. The summed E-state index contributed by atoms with van der Waals surface area (Å²) in [5, 5.41) is 10.9. The van der Waals surface area contributed by atoms with Crippen molar-refractivity contribution in [3.63, 3.8) is 0 Å². The minimum absolute atomic E-state index is 0.0142. The molecule has 0 spiro atoms. The van der Waals surface area contributed by atoms with Crippen molar-refractivity contribution < 1.29 is 24.3 Å². The lowest BCUT2D eigenvalue weighted by molar-refractivity contribution is -0.138. The van der Waals surface area contributed by atoms with Crippen molar-refractivity contribution in [3.8, 4) is 11.8 Å². The van der Waals surface area contributed by atoms with Gasteiger partial charge in [0.1, 0.15) is 6.04 Å². The van der Waals surface area contributed by atoms with E-state index in [1.165, 1.54) is 4.90 Å². The molecule has 3 amide bonds. The molecule has 128 valence electrons. The molecule has 0 aliphatic carbocycles. The van der Waals surface area contributed by atoms with Crippen LogP contribution in [0.4, 0.5) is 0 Å². The van der Waals surface area contributed by atoms with E-state index in [9.17, 15) is 19.2 Å². The topological polar surface area (TPSA) is 104 Å². The normalized spacial score (nSPS) is 19.1. The van der Waals surface area contributed by atoms with Crippen molar-refractivity contribution in [2.75, 3.05) is 0 Å². The van der Waals surface area contributed by atoms with Crippen molar-refractivity contribution in [1.29, 1.82) is 0 Å². The Labute approximate surface area is 144 Å². The van der Waals surface area contributed by atoms with Crippen LogP contribution in [0, 0.1) is 11.8 Å². The third-order valence-electron chi connectivity index (χ3n) is 4.22. The Morgan fingerprint density at radius 2 is 2.12 bits per heavy atom. The molecule has 0 aromatic heterocycles. The number of carbonyl (C=O) groups excluding carboxylic acids is 3. The Morgan fingerprint density at radius 1 is 1.32 bits per heavy atom. The lowest BCUT2D eigenvalue weighted by Gasteiger charge is -2.29. The summed E-state index contributed by atoms with van der Waals surface area (Å²) in [6.45, 7) is 0.297. The van der Waals surface area contributed by atoms with Gasteiger partial charge in [0, 0.05) is 30.5 Å². The predicted molar refractivity (Wildman–Crippen MR) is 86.2 cm³/mol. The first-order valence-corrected chi connectivity index (χ1v) is 7.94. The van der Waals surface area contributed by atoms with Gasteiger partial charge in [-0.2, -0.15) is 0 Å². The molecule has 7 nitrogen and oxygen atoms in total. The third kappa shape index (κ3) is 3.53. The number of carboxylic acids is 1. The van der Waals surface area contributed by atoms with Crippen LogP contribution in [0.3, 0.4) is 0 Å². The molecule has 0 bridgehead atoms. The van der Waals surface area contributed by atoms with Gasteiger partial charge < -0.3 is 10.0 Å².